The molecule has 24 heavy (non-hydrogen) atoms. The second-order valence-corrected chi connectivity index (χ2v) is 7.07. The molecule has 0 atom stereocenters. The van der Waals surface area contributed by atoms with Gasteiger partial charge in [0.2, 0.25) is 0 Å². The molecule has 1 aromatic heterocycles. The van der Waals surface area contributed by atoms with Crippen molar-refractivity contribution < 1.29 is 9.84 Å². The van der Waals surface area contributed by atoms with Crippen molar-refractivity contribution in [1.82, 2.24) is 9.97 Å². The van der Waals surface area contributed by atoms with Crippen LogP contribution >= 0.6 is 0 Å². The van der Waals surface area contributed by atoms with E-state index in [1.54, 1.807) is 6.33 Å². The second-order valence-electron chi connectivity index (χ2n) is 7.07. The van der Waals surface area contributed by atoms with Gasteiger partial charge in [-0.05, 0) is 29.9 Å². The molecular formula is C19H25N3O2. The van der Waals surface area contributed by atoms with Gasteiger partial charge in [-0.15, -0.1) is 0 Å². The van der Waals surface area contributed by atoms with Gasteiger partial charge >= 0.3 is 0 Å². The summed E-state index contributed by atoms with van der Waals surface area (Å²) in [6.07, 6.45) is 4.32. The highest BCUT2D eigenvalue weighted by molar-refractivity contribution is 5.51. The predicted octanol–water partition coefficient (Wildman–Crippen LogP) is 3.17. The molecule has 128 valence electrons. The van der Waals surface area contributed by atoms with Gasteiger partial charge in [0.05, 0.1) is 5.69 Å². The van der Waals surface area contributed by atoms with Gasteiger partial charge in [0.15, 0.2) is 0 Å². The first-order valence-electron chi connectivity index (χ1n) is 8.47. The molecule has 0 unspecified atom stereocenters. The van der Waals surface area contributed by atoms with Crippen molar-refractivity contribution in [3.63, 3.8) is 0 Å². The number of benzene rings is 1. The van der Waals surface area contributed by atoms with Crippen LogP contribution in [0.15, 0.2) is 30.6 Å². The smallest absolute Gasteiger partial charge is 0.133 e. The third-order valence-corrected chi connectivity index (χ3v) is 4.49. The third kappa shape index (κ3) is 3.85. The number of nitrogens with zero attached hydrogens (tertiary/aromatic N) is 2. The number of ether oxygens (including phenoxy) is 1. The van der Waals surface area contributed by atoms with Crippen LogP contribution in [-0.4, -0.2) is 28.2 Å². The van der Waals surface area contributed by atoms with Crippen LogP contribution in [0, 0.1) is 5.41 Å². The van der Waals surface area contributed by atoms with Gasteiger partial charge in [-0.2, -0.15) is 0 Å². The van der Waals surface area contributed by atoms with Gasteiger partial charge in [-0.25, -0.2) is 9.97 Å². The van der Waals surface area contributed by atoms with Crippen LogP contribution in [0.3, 0.4) is 0 Å². The minimum atomic E-state index is -0.0307. The van der Waals surface area contributed by atoms with Crippen LogP contribution in [0.2, 0.25) is 0 Å². The molecule has 0 aliphatic carbocycles. The maximum Gasteiger partial charge on any atom is 0.133 e. The maximum atomic E-state index is 9.34. The summed E-state index contributed by atoms with van der Waals surface area (Å²) in [7, 11) is 0. The lowest BCUT2D eigenvalue weighted by Crippen LogP contribution is -2.18. The zero-order valence-corrected chi connectivity index (χ0v) is 14.4. The van der Waals surface area contributed by atoms with E-state index >= 15 is 0 Å². The Hall–Kier alpha value is -2.14. The first-order chi connectivity index (χ1) is 11.6. The van der Waals surface area contributed by atoms with Crippen LogP contribution in [0.4, 0.5) is 5.82 Å². The number of hydrogen-bond acceptors (Lipinski definition) is 5. The summed E-state index contributed by atoms with van der Waals surface area (Å²) in [6, 6.07) is 8.10. The highest BCUT2D eigenvalue weighted by Crippen LogP contribution is 2.30. The highest BCUT2D eigenvalue weighted by Gasteiger charge is 2.19. The third-order valence-electron chi connectivity index (χ3n) is 4.49. The largest absolute Gasteiger partial charge is 0.487 e. The predicted molar refractivity (Wildman–Crippen MR) is 94.2 cm³/mol. The van der Waals surface area contributed by atoms with Crippen molar-refractivity contribution in [2.45, 2.75) is 39.7 Å². The zero-order valence-electron chi connectivity index (χ0n) is 14.4. The topological polar surface area (TPSA) is 67.3 Å². The molecule has 2 heterocycles. The molecule has 0 saturated carbocycles. The molecule has 2 aromatic rings. The quantitative estimate of drug-likeness (QED) is 0.798. The van der Waals surface area contributed by atoms with Crippen LogP contribution in [-0.2, 0) is 13.0 Å². The number of para-hydroxylation sites is 1. The SMILES string of the molecule is CC(C)(CO)CCCNc1ncnc2c1Cc1ccccc1OC2. The van der Waals surface area contributed by atoms with Crippen LogP contribution in [0.1, 0.15) is 43.5 Å². The van der Waals surface area contributed by atoms with E-state index in [2.05, 4.69) is 35.2 Å². The first kappa shape index (κ1) is 16.7. The number of hydrogen-bond donors (Lipinski definition) is 2. The number of nitrogens with one attached hydrogen (secondary N) is 1. The van der Waals surface area contributed by atoms with Crippen molar-refractivity contribution in [1.29, 1.82) is 0 Å². The zero-order chi connectivity index (χ0) is 17.0. The monoisotopic (exact) mass is 327 g/mol. The van der Waals surface area contributed by atoms with Crippen LogP contribution < -0.4 is 10.1 Å². The minimum Gasteiger partial charge on any atom is -0.487 e. The van der Waals surface area contributed by atoms with Crippen molar-refractivity contribution in [3.8, 4) is 5.75 Å². The Morgan fingerprint density at radius 1 is 1.25 bits per heavy atom. The lowest BCUT2D eigenvalue weighted by molar-refractivity contribution is 0.149. The summed E-state index contributed by atoms with van der Waals surface area (Å²) in [5.41, 5.74) is 3.19. The Bertz CT molecular complexity index is 701. The molecule has 1 aliphatic rings. The van der Waals surface area contributed by atoms with Crippen molar-refractivity contribution >= 4 is 5.82 Å². The average Bonchev–Trinajstić information content (AvgIpc) is 2.78. The average molecular weight is 327 g/mol. The van der Waals surface area contributed by atoms with E-state index < -0.39 is 0 Å². The Balaban J connectivity index is 1.71. The number of aliphatic hydroxyl groups excluding tert-OH is 1. The van der Waals surface area contributed by atoms with E-state index in [1.165, 1.54) is 0 Å². The maximum absolute atomic E-state index is 9.34. The Morgan fingerprint density at radius 3 is 2.92 bits per heavy atom. The number of aliphatic hydroxyl groups is 1. The van der Waals surface area contributed by atoms with E-state index in [1.807, 2.05) is 18.2 Å². The molecule has 0 radical (unpaired) electrons. The molecule has 0 fully saturated rings. The van der Waals surface area contributed by atoms with Gasteiger partial charge in [0, 0.05) is 25.1 Å². The minimum absolute atomic E-state index is 0.0307. The number of fused-ring (bicyclic) bond motifs is 2. The highest BCUT2D eigenvalue weighted by atomic mass is 16.5. The van der Waals surface area contributed by atoms with Gasteiger partial charge < -0.3 is 15.2 Å². The Kier molecular flexibility index (Phi) is 5.00. The molecule has 0 bridgehead atoms. The lowest BCUT2D eigenvalue weighted by Gasteiger charge is -2.21. The van der Waals surface area contributed by atoms with Crippen molar-refractivity contribution in [3.05, 3.63) is 47.4 Å². The number of anilines is 1. The van der Waals surface area contributed by atoms with Gasteiger partial charge in [0.25, 0.3) is 0 Å². The van der Waals surface area contributed by atoms with Crippen molar-refractivity contribution in [2.75, 3.05) is 18.5 Å². The molecule has 1 aromatic carbocycles. The Labute approximate surface area is 143 Å². The molecule has 5 heteroatoms. The molecule has 0 spiro atoms. The molecule has 3 rings (SSSR count). The number of aromatic nitrogens is 2. The van der Waals surface area contributed by atoms with E-state index in [-0.39, 0.29) is 12.0 Å². The fourth-order valence-corrected chi connectivity index (χ4v) is 2.89. The molecule has 1 aliphatic heterocycles. The second kappa shape index (κ2) is 7.18. The first-order valence-corrected chi connectivity index (χ1v) is 8.47. The summed E-state index contributed by atoms with van der Waals surface area (Å²) in [6.45, 7) is 5.68. The van der Waals surface area contributed by atoms with Gasteiger partial charge in [-0.3, -0.25) is 0 Å². The summed E-state index contributed by atoms with van der Waals surface area (Å²) < 4.78 is 5.87. The summed E-state index contributed by atoms with van der Waals surface area (Å²) in [5, 5.41) is 12.8. The van der Waals surface area contributed by atoms with E-state index in [0.717, 1.165) is 54.2 Å². The molecular weight excluding hydrogens is 302 g/mol. The fraction of sp³-hybridized carbons (Fsp3) is 0.474. The standard InChI is InChI=1S/C19H25N3O2/c1-19(2,12-23)8-5-9-20-18-15-10-14-6-3-4-7-17(14)24-11-16(15)21-13-22-18/h3-4,6-7,13,23H,5,8-12H2,1-2H3,(H,20,21,22). The van der Waals surface area contributed by atoms with E-state index in [4.69, 9.17) is 4.74 Å². The molecule has 0 amide bonds. The van der Waals surface area contributed by atoms with E-state index in [0.29, 0.717) is 6.61 Å². The molecule has 2 N–H and O–H groups in total. The van der Waals surface area contributed by atoms with E-state index in [9.17, 15) is 5.11 Å². The normalized spacial score (nSPS) is 13.5. The molecule has 5 nitrogen and oxygen atoms in total. The van der Waals surface area contributed by atoms with Gasteiger partial charge in [0.1, 0.15) is 24.5 Å². The van der Waals surface area contributed by atoms with Crippen LogP contribution in [0.25, 0.3) is 0 Å². The van der Waals surface area contributed by atoms with Crippen molar-refractivity contribution in [2.24, 2.45) is 5.41 Å². The summed E-state index contributed by atoms with van der Waals surface area (Å²) in [5.74, 6) is 1.81. The number of rotatable bonds is 6. The van der Waals surface area contributed by atoms with Gasteiger partial charge in [-0.1, -0.05) is 32.0 Å². The Morgan fingerprint density at radius 2 is 2.08 bits per heavy atom. The summed E-state index contributed by atoms with van der Waals surface area (Å²) >= 11 is 0. The fourth-order valence-electron chi connectivity index (χ4n) is 2.89. The molecule has 0 saturated heterocycles. The lowest BCUT2D eigenvalue weighted by atomic mass is 9.89. The summed E-state index contributed by atoms with van der Waals surface area (Å²) in [4.78, 5) is 8.83. The van der Waals surface area contributed by atoms with Crippen LogP contribution in [0.5, 0.6) is 5.75 Å².